The Bertz CT molecular complexity index is 1690. The molecule has 1 N–H and O–H groups in total. The van der Waals surface area contributed by atoms with E-state index in [0.29, 0.717) is 5.56 Å². The summed E-state index contributed by atoms with van der Waals surface area (Å²) in [5, 5.41) is 12.8. The van der Waals surface area contributed by atoms with Crippen molar-refractivity contribution in [3.05, 3.63) is 85.4 Å². The second-order valence-electron chi connectivity index (χ2n) is 11.7. The van der Waals surface area contributed by atoms with Crippen LogP contribution in [0.5, 0.6) is 11.5 Å². The van der Waals surface area contributed by atoms with Crippen LogP contribution in [0, 0.1) is 6.92 Å². The predicted octanol–water partition coefficient (Wildman–Crippen LogP) is 4.13. The van der Waals surface area contributed by atoms with Gasteiger partial charge in [0.25, 0.3) is 0 Å². The number of aromatic carboxylic acids is 1. The smallest absolute Gasteiger partial charge is 0.336 e. The summed E-state index contributed by atoms with van der Waals surface area (Å²) in [5.41, 5.74) is 11.1. The van der Waals surface area contributed by atoms with Crippen LogP contribution in [0.1, 0.15) is 75.0 Å². The molecule has 0 unspecified atom stereocenters. The molecule has 38 heavy (non-hydrogen) atoms. The van der Waals surface area contributed by atoms with Gasteiger partial charge in [0.2, 0.25) is 5.36 Å². The van der Waals surface area contributed by atoms with Crippen LogP contribution in [0.4, 0.5) is 5.69 Å². The number of carboxylic acids is 1. The molecule has 0 bridgehead atoms. The van der Waals surface area contributed by atoms with Gasteiger partial charge in [-0.1, -0.05) is 17.7 Å². The molecule has 0 aromatic heterocycles. The van der Waals surface area contributed by atoms with Gasteiger partial charge in [-0.15, -0.1) is 0 Å². The molecule has 5 heteroatoms. The summed E-state index contributed by atoms with van der Waals surface area (Å²) >= 11 is 0. The fourth-order valence-corrected chi connectivity index (χ4v) is 7.86. The molecule has 5 aliphatic heterocycles. The minimum Gasteiger partial charge on any atom is -0.478 e. The molecule has 0 amide bonds. The number of benzene rings is 3. The largest absolute Gasteiger partial charge is 0.478 e. The van der Waals surface area contributed by atoms with Crippen LogP contribution >= 0.6 is 0 Å². The normalized spacial score (nSPS) is 18.7. The first-order valence-electron chi connectivity index (χ1n) is 14.4. The van der Waals surface area contributed by atoms with Crippen LogP contribution in [-0.2, 0) is 25.7 Å². The topological polar surface area (TPSA) is 52.8 Å². The van der Waals surface area contributed by atoms with E-state index in [1.54, 1.807) is 0 Å². The molecule has 3 aromatic carbocycles. The Kier molecular flexibility index (Phi) is 4.83. The zero-order valence-corrected chi connectivity index (χ0v) is 22.0. The molecule has 3 aromatic rings. The molecule has 0 aliphatic carbocycles. The quantitative estimate of drug-likeness (QED) is 0.417. The van der Waals surface area contributed by atoms with Crippen molar-refractivity contribution in [2.24, 2.45) is 0 Å². The molecule has 0 radical (unpaired) electrons. The average Bonchev–Trinajstić information content (AvgIpc) is 2.93. The summed E-state index contributed by atoms with van der Waals surface area (Å²) in [5.74, 6) is 1.07. The first-order valence-corrected chi connectivity index (χ1v) is 14.4. The number of hydrogen-bond acceptors (Lipinski definition) is 3. The van der Waals surface area contributed by atoms with E-state index in [9.17, 15) is 9.90 Å². The summed E-state index contributed by atoms with van der Waals surface area (Å²) < 4.78 is 9.63. The van der Waals surface area contributed by atoms with E-state index in [0.717, 1.165) is 117 Å². The highest BCUT2D eigenvalue weighted by molar-refractivity contribution is 5.99. The highest BCUT2D eigenvalue weighted by Gasteiger charge is 2.36. The summed E-state index contributed by atoms with van der Waals surface area (Å²) in [6, 6.07) is 10.6. The fraction of sp³-hybridized carbons (Fsp3) is 0.394. The lowest BCUT2D eigenvalue weighted by Gasteiger charge is -2.39. The first-order chi connectivity index (χ1) is 18.6. The van der Waals surface area contributed by atoms with E-state index in [1.165, 1.54) is 33.3 Å². The van der Waals surface area contributed by atoms with Gasteiger partial charge in [0.05, 0.1) is 11.1 Å². The average molecular weight is 506 g/mol. The highest BCUT2D eigenvalue weighted by atomic mass is 16.5. The van der Waals surface area contributed by atoms with Gasteiger partial charge in [-0.05, 0) is 74.8 Å². The van der Waals surface area contributed by atoms with Gasteiger partial charge < -0.3 is 14.7 Å². The first kappa shape index (κ1) is 22.4. The number of nitrogens with zero attached hydrogens (tertiary/aromatic N) is 2. The lowest BCUT2D eigenvalue weighted by molar-refractivity contribution is 0.0696. The lowest BCUT2D eigenvalue weighted by atomic mass is 9.81. The van der Waals surface area contributed by atoms with Crippen molar-refractivity contribution in [3.8, 4) is 11.5 Å². The van der Waals surface area contributed by atoms with Crippen LogP contribution in [0.2, 0.25) is 0 Å². The predicted molar refractivity (Wildman–Crippen MR) is 148 cm³/mol. The van der Waals surface area contributed by atoms with E-state index < -0.39 is 5.97 Å². The number of carbonyl (C=O) groups is 1. The molecule has 8 rings (SSSR count). The highest BCUT2D eigenvalue weighted by Crippen LogP contribution is 2.48. The number of ether oxygens (including phenoxy) is 1. The maximum Gasteiger partial charge on any atom is 0.336 e. The van der Waals surface area contributed by atoms with Gasteiger partial charge in [-0.2, -0.15) is 0 Å². The maximum absolute atomic E-state index is 12.6. The Hall–Kier alpha value is -3.60. The Morgan fingerprint density at radius 3 is 2.47 bits per heavy atom. The molecule has 0 atom stereocenters. The van der Waals surface area contributed by atoms with Crippen molar-refractivity contribution in [2.45, 2.75) is 58.3 Å². The van der Waals surface area contributed by atoms with Crippen molar-refractivity contribution in [3.63, 3.8) is 0 Å². The second-order valence-corrected chi connectivity index (χ2v) is 11.7. The third kappa shape index (κ3) is 3.11. The summed E-state index contributed by atoms with van der Waals surface area (Å²) in [6.07, 6.45) is 8.74. The zero-order valence-electron chi connectivity index (χ0n) is 22.0. The Balaban J connectivity index is 1.54. The molecule has 5 aliphatic rings. The number of hydrogen-bond donors (Lipinski definition) is 1. The van der Waals surface area contributed by atoms with E-state index in [-0.39, 0.29) is 0 Å². The van der Waals surface area contributed by atoms with Gasteiger partial charge in [0.15, 0.2) is 0 Å². The van der Waals surface area contributed by atoms with Gasteiger partial charge in [0.1, 0.15) is 24.6 Å². The van der Waals surface area contributed by atoms with Gasteiger partial charge in [-0.3, -0.25) is 0 Å². The molecule has 0 fully saturated rings. The van der Waals surface area contributed by atoms with E-state index >= 15 is 0 Å². The van der Waals surface area contributed by atoms with E-state index in [1.807, 2.05) is 19.1 Å². The lowest BCUT2D eigenvalue weighted by Crippen LogP contribution is -2.45. The van der Waals surface area contributed by atoms with Crippen LogP contribution in [0.3, 0.4) is 0 Å². The van der Waals surface area contributed by atoms with E-state index in [2.05, 4.69) is 27.7 Å². The van der Waals surface area contributed by atoms with Crippen molar-refractivity contribution in [2.75, 3.05) is 31.1 Å². The number of carboxylic acid groups (broad SMARTS) is 1. The number of aryl methyl sites for hydroxylation is 3. The van der Waals surface area contributed by atoms with E-state index in [4.69, 9.17) is 4.74 Å². The Morgan fingerprint density at radius 1 is 0.868 bits per heavy atom. The zero-order chi connectivity index (χ0) is 25.5. The third-order valence-corrected chi connectivity index (χ3v) is 9.36. The minimum absolute atomic E-state index is 0.375. The molecule has 0 saturated carbocycles. The van der Waals surface area contributed by atoms with Crippen molar-refractivity contribution >= 4 is 17.2 Å². The number of anilines is 1. The summed E-state index contributed by atoms with van der Waals surface area (Å²) in [6.45, 7) is 6.42. The van der Waals surface area contributed by atoms with Crippen LogP contribution in [0.25, 0.3) is 5.57 Å². The van der Waals surface area contributed by atoms with Crippen LogP contribution in [-0.4, -0.2) is 37.3 Å². The minimum atomic E-state index is -0.873. The molecule has 5 heterocycles. The fourth-order valence-electron chi connectivity index (χ4n) is 7.86. The summed E-state index contributed by atoms with van der Waals surface area (Å²) in [7, 11) is 0. The number of rotatable bonds is 2. The van der Waals surface area contributed by atoms with Crippen molar-refractivity contribution in [1.29, 1.82) is 0 Å². The Labute approximate surface area is 222 Å². The Morgan fingerprint density at radius 2 is 1.63 bits per heavy atom. The van der Waals surface area contributed by atoms with Gasteiger partial charge in [0, 0.05) is 59.1 Å². The van der Waals surface area contributed by atoms with Gasteiger partial charge in [-0.25, -0.2) is 9.37 Å². The van der Waals surface area contributed by atoms with Gasteiger partial charge >= 0.3 is 5.97 Å². The van der Waals surface area contributed by atoms with Crippen molar-refractivity contribution in [1.82, 2.24) is 4.58 Å². The third-order valence-electron chi connectivity index (χ3n) is 9.36. The SMILES string of the molecule is Cc1ccc(C2=c3cc4c5c(c3Oc3c2cc2c6c3CCCN6CCC2)CCC[N+]=5CCC4)c(C(=O)O)c1. The molecular weight excluding hydrogens is 472 g/mol. The molecule has 0 saturated heterocycles. The second kappa shape index (κ2) is 8.20. The monoisotopic (exact) mass is 505 g/mol. The molecular formula is C33H33N2O3+. The van der Waals surface area contributed by atoms with Crippen molar-refractivity contribution < 1.29 is 14.6 Å². The van der Waals surface area contributed by atoms with Crippen LogP contribution < -0.4 is 24.8 Å². The number of fused-ring (bicyclic) bond motifs is 4. The molecule has 0 spiro atoms. The standard InChI is InChI=1S/C33H32N2O3/c1-19-10-11-22(25(16-19)33(36)37)28-26-17-20-6-2-12-34-14-4-8-23(29(20)34)31(26)38-32-24-9-5-15-35-13-3-7-21(30(24)35)18-27(28)32/h10-11,16-18H,2-9,12-15H2,1H3/p+1. The molecule has 5 nitrogen and oxygen atoms in total. The maximum atomic E-state index is 12.6. The van der Waals surface area contributed by atoms with Crippen LogP contribution in [0.15, 0.2) is 30.3 Å². The summed E-state index contributed by atoms with van der Waals surface area (Å²) in [4.78, 5) is 15.2. The molecule has 192 valence electrons.